The van der Waals surface area contributed by atoms with Crippen molar-refractivity contribution in [1.82, 2.24) is 20.0 Å². The Balaban J connectivity index is 2.06. The van der Waals surface area contributed by atoms with Crippen molar-refractivity contribution in [3.8, 4) is 0 Å². The average molecular weight is 294 g/mol. The van der Waals surface area contributed by atoms with Crippen LogP contribution < -0.4 is 5.32 Å². The van der Waals surface area contributed by atoms with Crippen LogP contribution in [0.15, 0.2) is 12.3 Å². The third kappa shape index (κ3) is 3.60. The number of carbonyl (C=O) groups is 2. The molecule has 2 rings (SSSR count). The van der Waals surface area contributed by atoms with Crippen molar-refractivity contribution in [2.24, 2.45) is 5.92 Å². The first-order valence-electron chi connectivity index (χ1n) is 7.09. The van der Waals surface area contributed by atoms with E-state index in [0.29, 0.717) is 19.6 Å². The molecule has 0 aliphatic carbocycles. The van der Waals surface area contributed by atoms with Gasteiger partial charge in [0.15, 0.2) is 0 Å². The number of carbonyl (C=O) groups excluding carboxylic acids is 2. The van der Waals surface area contributed by atoms with Gasteiger partial charge in [-0.15, -0.1) is 0 Å². The maximum absolute atomic E-state index is 12.2. The number of methoxy groups -OCH3 is 1. The van der Waals surface area contributed by atoms with E-state index in [9.17, 15) is 9.59 Å². The molecule has 2 amide bonds. The summed E-state index contributed by atoms with van der Waals surface area (Å²) < 4.78 is 6.68. The summed E-state index contributed by atoms with van der Waals surface area (Å²) in [4.78, 5) is 25.5. The highest BCUT2D eigenvalue weighted by Gasteiger charge is 2.29. The summed E-state index contributed by atoms with van der Waals surface area (Å²) in [6.45, 7) is 5.37. The third-order valence-electron chi connectivity index (χ3n) is 3.50. The third-order valence-corrected chi connectivity index (χ3v) is 3.50. The maximum Gasteiger partial charge on any atom is 0.246 e. The molecule has 0 fully saturated rings. The second-order valence-electron chi connectivity index (χ2n) is 5.53. The zero-order valence-corrected chi connectivity index (χ0v) is 12.7. The van der Waals surface area contributed by atoms with E-state index in [1.807, 2.05) is 29.5 Å². The minimum atomic E-state index is -0.168. The van der Waals surface area contributed by atoms with Crippen molar-refractivity contribution in [2.45, 2.75) is 26.4 Å². The lowest BCUT2D eigenvalue weighted by molar-refractivity contribution is -0.136. The zero-order valence-electron chi connectivity index (χ0n) is 12.7. The van der Waals surface area contributed by atoms with Gasteiger partial charge in [-0.1, -0.05) is 13.8 Å². The molecule has 0 radical (unpaired) electrons. The number of fused-ring (bicyclic) bond motifs is 1. The predicted octanol–water partition coefficient (Wildman–Crippen LogP) is 0.185. The van der Waals surface area contributed by atoms with Gasteiger partial charge in [0.2, 0.25) is 11.8 Å². The van der Waals surface area contributed by atoms with E-state index in [2.05, 4.69) is 10.4 Å². The first-order valence-corrected chi connectivity index (χ1v) is 7.09. The SMILES string of the molecule is COCC(=O)NC[C@@H]1CN(C(=O)C(C)C)Cc2ccnn21. The number of hydrogen-bond donors (Lipinski definition) is 1. The van der Waals surface area contributed by atoms with Crippen LogP contribution >= 0.6 is 0 Å². The summed E-state index contributed by atoms with van der Waals surface area (Å²) in [6.07, 6.45) is 1.72. The lowest BCUT2D eigenvalue weighted by Gasteiger charge is -2.35. The molecule has 1 atom stereocenters. The Kier molecular flexibility index (Phi) is 4.95. The zero-order chi connectivity index (χ0) is 15.4. The molecule has 116 valence electrons. The Morgan fingerprint density at radius 3 is 2.95 bits per heavy atom. The van der Waals surface area contributed by atoms with Crippen LogP contribution in [-0.2, 0) is 20.9 Å². The van der Waals surface area contributed by atoms with Gasteiger partial charge in [-0.2, -0.15) is 5.10 Å². The number of rotatable bonds is 5. The molecule has 1 aliphatic heterocycles. The van der Waals surface area contributed by atoms with Gasteiger partial charge in [-0.05, 0) is 6.07 Å². The monoisotopic (exact) mass is 294 g/mol. The van der Waals surface area contributed by atoms with Gasteiger partial charge < -0.3 is 15.0 Å². The molecular formula is C14H22N4O3. The van der Waals surface area contributed by atoms with Gasteiger partial charge in [-0.3, -0.25) is 14.3 Å². The minimum Gasteiger partial charge on any atom is -0.375 e. The van der Waals surface area contributed by atoms with E-state index in [1.165, 1.54) is 7.11 Å². The molecule has 0 saturated heterocycles. The Labute approximate surface area is 124 Å². The summed E-state index contributed by atoms with van der Waals surface area (Å²) in [6, 6.07) is 1.86. The van der Waals surface area contributed by atoms with Crippen LogP contribution in [0, 0.1) is 5.92 Å². The van der Waals surface area contributed by atoms with Crippen LogP contribution in [0.2, 0.25) is 0 Å². The molecule has 1 aromatic heterocycles. The molecule has 1 N–H and O–H groups in total. The molecular weight excluding hydrogens is 272 g/mol. The number of aromatic nitrogens is 2. The molecule has 0 aromatic carbocycles. The van der Waals surface area contributed by atoms with Crippen LogP contribution in [0.4, 0.5) is 0 Å². The molecule has 7 heteroatoms. The standard InChI is InChI=1S/C14H22N4O3/c1-10(2)14(20)17-7-11-4-5-16-18(11)12(8-17)6-15-13(19)9-21-3/h4-5,10,12H,6-9H2,1-3H3,(H,15,19)/t12-/m1/s1. The van der Waals surface area contributed by atoms with Gasteiger partial charge in [0.25, 0.3) is 0 Å². The molecule has 7 nitrogen and oxygen atoms in total. The molecule has 0 spiro atoms. The molecule has 21 heavy (non-hydrogen) atoms. The first-order chi connectivity index (χ1) is 10.0. The van der Waals surface area contributed by atoms with Crippen LogP contribution in [-0.4, -0.2) is 53.3 Å². The lowest BCUT2D eigenvalue weighted by atomic mass is 10.1. The van der Waals surface area contributed by atoms with E-state index in [-0.39, 0.29) is 30.4 Å². The molecule has 1 aromatic rings. The maximum atomic E-state index is 12.2. The van der Waals surface area contributed by atoms with Gasteiger partial charge in [0.1, 0.15) is 6.61 Å². The second kappa shape index (κ2) is 6.71. The Morgan fingerprint density at radius 1 is 1.52 bits per heavy atom. The van der Waals surface area contributed by atoms with Crippen molar-refractivity contribution < 1.29 is 14.3 Å². The van der Waals surface area contributed by atoms with Crippen molar-refractivity contribution in [1.29, 1.82) is 0 Å². The Morgan fingerprint density at radius 2 is 2.29 bits per heavy atom. The van der Waals surface area contributed by atoms with Gasteiger partial charge in [-0.25, -0.2) is 0 Å². The van der Waals surface area contributed by atoms with E-state index in [1.54, 1.807) is 6.20 Å². The minimum absolute atomic E-state index is 0.0350. The second-order valence-corrected chi connectivity index (χ2v) is 5.53. The Bertz CT molecular complexity index is 512. The van der Waals surface area contributed by atoms with Crippen molar-refractivity contribution in [3.63, 3.8) is 0 Å². The van der Waals surface area contributed by atoms with Crippen LogP contribution in [0.1, 0.15) is 25.6 Å². The van der Waals surface area contributed by atoms with Crippen molar-refractivity contribution in [3.05, 3.63) is 18.0 Å². The number of hydrogen-bond acceptors (Lipinski definition) is 4. The van der Waals surface area contributed by atoms with E-state index >= 15 is 0 Å². The molecule has 2 heterocycles. The molecule has 0 bridgehead atoms. The van der Waals surface area contributed by atoms with Gasteiger partial charge in [0.05, 0.1) is 18.3 Å². The van der Waals surface area contributed by atoms with Crippen LogP contribution in [0.25, 0.3) is 0 Å². The van der Waals surface area contributed by atoms with Crippen molar-refractivity contribution in [2.75, 3.05) is 26.8 Å². The first kappa shape index (κ1) is 15.5. The fourth-order valence-electron chi connectivity index (χ4n) is 2.49. The smallest absolute Gasteiger partial charge is 0.246 e. The topological polar surface area (TPSA) is 76.5 Å². The number of amides is 2. The highest BCUT2D eigenvalue weighted by molar-refractivity contribution is 5.78. The summed E-state index contributed by atoms with van der Waals surface area (Å²) in [7, 11) is 1.48. The highest BCUT2D eigenvalue weighted by atomic mass is 16.5. The van der Waals surface area contributed by atoms with Crippen molar-refractivity contribution >= 4 is 11.8 Å². The largest absolute Gasteiger partial charge is 0.375 e. The van der Waals surface area contributed by atoms with E-state index in [4.69, 9.17) is 4.74 Å². The summed E-state index contributed by atoms with van der Waals surface area (Å²) in [5, 5.41) is 7.11. The highest BCUT2D eigenvalue weighted by Crippen LogP contribution is 2.21. The van der Waals surface area contributed by atoms with Crippen LogP contribution in [0.5, 0.6) is 0 Å². The van der Waals surface area contributed by atoms with Gasteiger partial charge >= 0.3 is 0 Å². The summed E-state index contributed by atoms with van der Waals surface area (Å²) in [5.74, 6) is -0.0858. The van der Waals surface area contributed by atoms with E-state index < -0.39 is 0 Å². The molecule has 0 saturated carbocycles. The van der Waals surface area contributed by atoms with Crippen LogP contribution in [0.3, 0.4) is 0 Å². The number of nitrogens with zero attached hydrogens (tertiary/aromatic N) is 3. The van der Waals surface area contributed by atoms with Gasteiger partial charge in [0, 0.05) is 32.3 Å². The lowest BCUT2D eigenvalue weighted by Crippen LogP contribution is -2.46. The number of ether oxygens (including phenoxy) is 1. The summed E-state index contributed by atoms with van der Waals surface area (Å²) in [5.41, 5.74) is 0.987. The fraction of sp³-hybridized carbons (Fsp3) is 0.643. The molecule has 1 aliphatic rings. The van der Waals surface area contributed by atoms with E-state index in [0.717, 1.165) is 5.69 Å². The average Bonchev–Trinajstić information content (AvgIpc) is 2.92. The Hall–Kier alpha value is -1.89. The number of nitrogens with one attached hydrogen (secondary N) is 1. The predicted molar refractivity (Wildman–Crippen MR) is 76.4 cm³/mol. The summed E-state index contributed by atoms with van der Waals surface area (Å²) >= 11 is 0. The molecule has 0 unspecified atom stereocenters. The normalized spacial score (nSPS) is 17.7. The fourth-order valence-corrected chi connectivity index (χ4v) is 2.49. The quantitative estimate of drug-likeness (QED) is 0.841.